The third-order valence-corrected chi connectivity index (χ3v) is 7.20. The Morgan fingerprint density at radius 2 is 1.79 bits per heavy atom. The van der Waals surface area contributed by atoms with Gasteiger partial charge in [0.2, 0.25) is 16.0 Å². The molecule has 0 atom stereocenters. The maximum absolute atomic E-state index is 12.0. The van der Waals surface area contributed by atoms with Crippen molar-refractivity contribution in [3.8, 4) is 0 Å². The molecule has 34 heavy (non-hydrogen) atoms. The van der Waals surface area contributed by atoms with E-state index < -0.39 is 10.0 Å². The van der Waals surface area contributed by atoms with Crippen LogP contribution in [0, 0.1) is 0 Å². The summed E-state index contributed by atoms with van der Waals surface area (Å²) in [7, 11) is -3.51. The highest BCUT2D eigenvalue weighted by atomic mass is 32.2. The van der Waals surface area contributed by atoms with Gasteiger partial charge in [0.15, 0.2) is 17.0 Å². The minimum Gasteiger partial charge on any atom is -0.396 e. The minimum absolute atomic E-state index is 0.141. The third-order valence-electron chi connectivity index (χ3n) is 5.83. The molecule has 2 aromatic heterocycles. The van der Waals surface area contributed by atoms with Gasteiger partial charge in [-0.15, -0.1) is 0 Å². The highest BCUT2D eigenvalue weighted by Crippen LogP contribution is 2.27. The van der Waals surface area contributed by atoms with Crippen molar-refractivity contribution in [2.75, 3.05) is 27.7 Å². The number of nitrogens with one attached hydrogen (secondary N) is 3. The Morgan fingerprint density at radius 1 is 1.09 bits per heavy atom. The van der Waals surface area contributed by atoms with Crippen LogP contribution in [0.4, 0.5) is 23.1 Å². The van der Waals surface area contributed by atoms with Crippen molar-refractivity contribution in [2.45, 2.75) is 57.7 Å². The lowest BCUT2D eigenvalue weighted by Gasteiger charge is -2.26. The molecule has 1 aliphatic carbocycles. The van der Waals surface area contributed by atoms with Gasteiger partial charge in [-0.3, -0.25) is 4.72 Å². The molecule has 0 spiro atoms. The average Bonchev–Trinajstić information content (AvgIpc) is 3.24. The first-order valence-electron chi connectivity index (χ1n) is 11.5. The van der Waals surface area contributed by atoms with Crippen LogP contribution in [-0.2, 0) is 16.6 Å². The minimum atomic E-state index is -3.51. The summed E-state index contributed by atoms with van der Waals surface area (Å²) in [6.45, 7) is 2.56. The van der Waals surface area contributed by atoms with E-state index in [-0.39, 0.29) is 30.9 Å². The zero-order valence-electron chi connectivity index (χ0n) is 19.1. The van der Waals surface area contributed by atoms with Crippen LogP contribution >= 0.6 is 0 Å². The SMILES string of the molecule is CCn1cnc2c(Nc3ccc(NS(=O)(=O)CCCO)cc3)nc(NC3CCC(O)CC3)nc21. The number of imidazole rings is 1. The Kier molecular flexibility index (Phi) is 7.49. The summed E-state index contributed by atoms with van der Waals surface area (Å²) in [6, 6.07) is 7.03. The second kappa shape index (κ2) is 10.5. The van der Waals surface area contributed by atoms with Gasteiger partial charge < -0.3 is 25.4 Å². The number of aliphatic hydroxyl groups is 2. The highest BCUT2D eigenvalue weighted by molar-refractivity contribution is 7.92. The number of hydrogen-bond acceptors (Lipinski definition) is 9. The standard InChI is InChI=1S/C22H31N7O4S/c1-2-29-14-23-19-20(26-22(27-21(19)29)25-16-8-10-18(31)11-9-16)24-15-4-6-17(7-5-15)28-34(32,33)13-3-12-30/h4-7,14,16,18,28,30-31H,2-3,8-13H2,1H3,(H2,24,25,26,27). The van der Waals surface area contributed by atoms with E-state index in [1.54, 1.807) is 30.6 Å². The molecule has 1 fully saturated rings. The highest BCUT2D eigenvalue weighted by Gasteiger charge is 2.21. The fourth-order valence-corrected chi connectivity index (χ4v) is 5.08. The van der Waals surface area contributed by atoms with Gasteiger partial charge >= 0.3 is 0 Å². The number of fused-ring (bicyclic) bond motifs is 1. The van der Waals surface area contributed by atoms with Crippen LogP contribution in [-0.4, -0.2) is 62.7 Å². The van der Waals surface area contributed by atoms with E-state index in [1.807, 2.05) is 11.5 Å². The molecule has 0 aliphatic heterocycles. The molecular formula is C22H31N7O4S. The molecule has 11 nitrogen and oxygen atoms in total. The lowest BCUT2D eigenvalue weighted by molar-refractivity contribution is 0.126. The number of aromatic nitrogens is 4. The number of benzene rings is 1. The van der Waals surface area contributed by atoms with Gasteiger partial charge in [-0.1, -0.05) is 0 Å². The molecule has 1 aromatic carbocycles. The summed E-state index contributed by atoms with van der Waals surface area (Å²) in [4.78, 5) is 13.8. The Labute approximate surface area is 198 Å². The number of hydrogen-bond donors (Lipinski definition) is 5. The molecule has 0 saturated heterocycles. The van der Waals surface area contributed by atoms with E-state index in [1.165, 1.54) is 0 Å². The van der Waals surface area contributed by atoms with Gasteiger partial charge in [-0.2, -0.15) is 9.97 Å². The van der Waals surface area contributed by atoms with Crippen molar-refractivity contribution in [3.05, 3.63) is 30.6 Å². The molecule has 184 valence electrons. The Bertz CT molecular complexity index is 1210. The lowest BCUT2D eigenvalue weighted by Crippen LogP contribution is -2.29. The van der Waals surface area contributed by atoms with E-state index in [0.29, 0.717) is 35.2 Å². The van der Waals surface area contributed by atoms with Crippen molar-refractivity contribution in [1.82, 2.24) is 19.5 Å². The second-order valence-electron chi connectivity index (χ2n) is 8.45. The van der Waals surface area contributed by atoms with Crippen molar-refractivity contribution in [3.63, 3.8) is 0 Å². The molecule has 0 unspecified atom stereocenters. The fourth-order valence-electron chi connectivity index (χ4n) is 3.97. The van der Waals surface area contributed by atoms with Crippen molar-refractivity contribution in [2.24, 2.45) is 0 Å². The van der Waals surface area contributed by atoms with E-state index in [0.717, 1.165) is 31.4 Å². The maximum Gasteiger partial charge on any atom is 0.232 e. The Hall–Kier alpha value is -2.96. The maximum atomic E-state index is 12.0. The van der Waals surface area contributed by atoms with Gasteiger partial charge in [0.1, 0.15) is 0 Å². The summed E-state index contributed by atoms with van der Waals surface area (Å²) in [5.41, 5.74) is 2.51. The monoisotopic (exact) mass is 489 g/mol. The molecule has 4 rings (SSSR count). The van der Waals surface area contributed by atoms with Gasteiger partial charge in [0, 0.05) is 30.6 Å². The number of sulfonamides is 1. The van der Waals surface area contributed by atoms with E-state index in [2.05, 4.69) is 30.3 Å². The summed E-state index contributed by atoms with van der Waals surface area (Å²) < 4.78 is 28.5. The van der Waals surface area contributed by atoms with E-state index >= 15 is 0 Å². The van der Waals surface area contributed by atoms with Crippen molar-refractivity contribution >= 4 is 44.3 Å². The predicted molar refractivity (Wildman–Crippen MR) is 132 cm³/mol. The fraction of sp³-hybridized carbons (Fsp3) is 0.500. The van der Waals surface area contributed by atoms with Crippen molar-refractivity contribution in [1.29, 1.82) is 0 Å². The van der Waals surface area contributed by atoms with Crippen LogP contribution in [0.25, 0.3) is 11.2 Å². The summed E-state index contributed by atoms with van der Waals surface area (Å²) in [6.07, 6.45) is 4.91. The normalized spacial score (nSPS) is 18.7. The molecule has 1 aliphatic rings. The Balaban J connectivity index is 1.54. The zero-order valence-corrected chi connectivity index (χ0v) is 19.9. The van der Waals surface area contributed by atoms with Crippen LogP contribution in [0.5, 0.6) is 0 Å². The number of anilines is 4. The van der Waals surface area contributed by atoms with Gasteiger partial charge in [0.25, 0.3) is 0 Å². The van der Waals surface area contributed by atoms with Gasteiger partial charge in [0.05, 0.1) is 18.2 Å². The Morgan fingerprint density at radius 3 is 2.47 bits per heavy atom. The molecule has 0 radical (unpaired) electrons. The molecule has 1 saturated carbocycles. The largest absolute Gasteiger partial charge is 0.396 e. The molecule has 3 aromatic rings. The van der Waals surface area contributed by atoms with E-state index in [9.17, 15) is 13.5 Å². The average molecular weight is 490 g/mol. The first-order chi connectivity index (χ1) is 16.4. The van der Waals surface area contributed by atoms with Crippen LogP contribution < -0.4 is 15.4 Å². The first kappa shape index (κ1) is 24.2. The number of aryl methyl sites for hydroxylation is 1. The van der Waals surface area contributed by atoms with Crippen LogP contribution in [0.3, 0.4) is 0 Å². The van der Waals surface area contributed by atoms with Gasteiger partial charge in [-0.25, -0.2) is 13.4 Å². The molecule has 12 heteroatoms. The molecule has 2 heterocycles. The van der Waals surface area contributed by atoms with Crippen molar-refractivity contribution < 1.29 is 18.6 Å². The quantitative estimate of drug-likeness (QED) is 0.289. The summed E-state index contributed by atoms with van der Waals surface area (Å²) in [5, 5.41) is 25.3. The topological polar surface area (TPSA) is 154 Å². The third kappa shape index (κ3) is 5.93. The van der Waals surface area contributed by atoms with Crippen LogP contribution in [0.2, 0.25) is 0 Å². The summed E-state index contributed by atoms with van der Waals surface area (Å²) >= 11 is 0. The van der Waals surface area contributed by atoms with Gasteiger partial charge in [-0.05, 0) is 63.3 Å². The lowest BCUT2D eigenvalue weighted by atomic mass is 9.93. The summed E-state index contributed by atoms with van der Waals surface area (Å²) in [5.74, 6) is 0.907. The van der Waals surface area contributed by atoms with Crippen LogP contribution in [0.15, 0.2) is 30.6 Å². The zero-order chi connectivity index (χ0) is 24.1. The smallest absolute Gasteiger partial charge is 0.232 e. The first-order valence-corrected chi connectivity index (χ1v) is 13.2. The second-order valence-corrected chi connectivity index (χ2v) is 10.3. The molecular weight excluding hydrogens is 458 g/mol. The number of aliphatic hydroxyl groups excluding tert-OH is 2. The molecule has 0 bridgehead atoms. The van der Waals surface area contributed by atoms with Crippen LogP contribution in [0.1, 0.15) is 39.0 Å². The molecule has 5 N–H and O–H groups in total. The number of nitrogens with zero attached hydrogens (tertiary/aromatic N) is 4. The predicted octanol–water partition coefficient (Wildman–Crippen LogP) is 2.43. The van der Waals surface area contributed by atoms with E-state index in [4.69, 9.17) is 5.11 Å². The molecule has 0 amide bonds. The number of rotatable bonds is 10.